The van der Waals surface area contributed by atoms with Crippen LogP contribution in [0.25, 0.3) is 5.65 Å². The zero-order valence-corrected chi connectivity index (χ0v) is 15.7. The van der Waals surface area contributed by atoms with Crippen molar-refractivity contribution in [1.29, 1.82) is 0 Å². The SMILES string of the molecule is CN(Cn1nc2ccccn2c1=S)[C@@H](c1ccccc1)c1ccc(F)cc1. The summed E-state index contributed by atoms with van der Waals surface area (Å²) in [5.41, 5.74) is 2.95. The second kappa shape index (κ2) is 7.42. The summed E-state index contributed by atoms with van der Waals surface area (Å²) >= 11 is 5.57. The van der Waals surface area contributed by atoms with Crippen LogP contribution in [0.1, 0.15) is 17.2 Å². The number of rotatable bonds is 5. The fourth-order valence-electron chi connectivity index (χ4n) is 3.33. The van der Waals surface area contributed by atoms with Crippen molar-refractivity contribution >= 4 is 17.9 Å². The van der Waals surface area contributed by atoms with E-state index in [1.165, 1.54) is 12.1 Å². The van der Waals surface area contributed by atoms with E-state index in [0.29, 0.717) is 11.4 Å². The van der Waals surface area contributed by atoms with Crippen molar-refractivity contribution < 1.29 is 4.39 Å². The first-order valence-corrected chi connectivity index (χ1v) is 9.09. The molecule has 0 spiro atoms. The van der Waals surface area contributed by atoms with Crippen molar-refractivity contribution in [3.63, 3.8) is 0 Å². The molecule has 2 aromatic heterocycles. The maximum absolute atomic E-state index is 13.4. The predicted octanol–water partition coefficient (Wildman–Crippen LogP) is 4.68. The largest absolute Gasteiger partial charge is 0.276 e. The minimum Gasteiger partial charge on any atom is -0.276 e. The molecule has 1 atom stereocenters. The van der Waals surface area contributed by atoms with Crippen LogP contribution in [-0.4, -0.2) is 26.1 Å². The van der Waals surface area contributed by atoms with Gasteiger partial charge in [0.05, 0.1) is 12.7 Å². The van der Waals surface area contributed by atoms with Crippen molar-refractivity contribution in [2.24, 2.45) is 0 Å². The van der Waals surface area contributed by atoms with Gasteiger partial charge in [-0.3, -0.25) is 9.30 Å². The topological polar surface area (TPSA) is 25.5 Å². The minimum atomic E-state index is -0.240. The van der Waals surface area contributed by atoms with Crippen molar-refractivity contribution in [2.75, 3.05) is 7.05 Å². The Morgan fingerprint density at radius 2 is 1.63 bits per heavy atom. The fourth-order valence-corrected chi connectivity index (χ4v) is 3.59. The van der Waals surface area contributed by atoms with Crippen LogP contribution < -0.4 is 0 Å². The number of pyridine rings is 1. The summed E-state index contributed by atoms with van der Waals surface area (Å²) in [5.74, 6) is -0.240. The quantitative estimate of drug-likeness (QED) is 0.472. The third kappa shape index (κ3) is 3.54. The van der Waals surface area contributed by atoms with Crippen molar-refractivity contribution in [3.05, 3.63) is 101 Å². The van der Waals surface area contributed by atoms with Gasteiger partial charge in [0.15, 0.2) is 5.65 Å². The number of nitrogens with zero attached hydrogens (tertiary/aromatic N) is 4. The molecule has 0 saturated heterocycles. The monoisotopic (exact) mass is 378 g/mol. The molecule has 0 fully saturated rings. The van der Waals surface area contributed by atoms with Crippen molar-refractivity contribution in [3.8, 4) is 0 Å². The summed E-state index contributed by atoms with van der Waals surface area (Å²) in [7, 11) is 2.02. The summed E-state index contributed by atoms with van der Waals surface area (Å²) in [4.78, 5) is 2.16. The van der Waals surface area contributed by atoms with Crippen LogP contribution in [0.4, 0.5) is 4.39 Å². The zero-order valence-electron chi connectivity index (χ0n) is 14.9. The predicted molar refractivity (Wildman–Crippen MR) is 106 cm³/mol. The fraction of sp³-hybridized carbons (Fsp3) is 0.143. The van der Waals surface area contributed by atoms with E-state index < -0.39 is 0 Å². The molecule has 27 heavy (non-hydrogen) atoms. The van der Waals surface area contributed by atoms with Gasteiger partial charge in [-0.2, -0.15) is 5.10 Å². The second-order valence-electron chi connectivity index (χ2n) is 6.47. The minimum absolute atomic E-state index is 0.0430. The van der Waals surface area contributed by atoms with Gasteiger partial charge in [-0.1, -0.05) is 48.5 Å². The maximum atomic E-state index is 13.4. The second-order valence-corrected chi connectivity index (χ2v) is 6.84. The number of benzene rings is 2. The molecule has 0 saturated carbocycles. The third-order valence-electron chi connectivity index (χ3n) is 4.59. The Morgan fingerprint density at radius 1 is 0.963 bits per heavy atom. The van der Waals surface area contributed by atoms with Crippen LogP contribution in [0.2, 0.25) is 0 Å². The molecule has 4 aromatic rings. The molecule has 6 heteroatoms. The van der Waals surface area contributed by atoms with Gasteiger partial charge in [0.25, 0.3) is 0 Å². The summed E-state index contributed by atoms with van der Waals surface area (Å²) in [5, 5.41) is 4.61. The van der Waals surface area contributed by atoms with Crippen LogP contribution in [0.15, 0.2) is 79.0 Å². The van der Waals surface area contributed by atoms with Gasteiger partial charge >= 0.3 is 0 Å². The van der Waals surface area contributed by atoms with Crippen molar-refractivity contribution in [1.82, 2.24) is 19.1 Å². The summed E-state index contributed by atoms with van der Waals surface area (Å²) in [6.45, 7) is 0.511. The summed E-state index contributed by atoms with van der Waals surface area (Å²) in [6, 6.07) is 22.6. The highest BCUT2D eigenvalue weighted by atomic mass is 32.1. The Bertz CT molecular complexity index is 1100. The Balaban J connectivity index is 1.72. The standard InChI is InChI=1S/C21H19FN4S/c1-24(15-26-21(27)25-14-6-5-9-19(25)23-26)20(16-7-3-2-4-8-16)17-10-12-18(22)13-11-17/h2-14,20H,15H2,1H3/t20-/m0/s1. The molecule has 4 rings (SSSR count). The Labute approximate surface area is 162 Å². The lowest BCUT2D eigenvalue weighted by Gasteiger charge is -2.28. The van der Waals surface area contributed by atoms with Crippen LogP contribution in [-0.2, 0) is 6.67 Å². The van der Waals surface area contributed by atoms with Gasteiger partial charge in [-0.15, -0.1) is 0 Å². The van der Waals surface area contributed by atoms with Crippen LogP contribution in [0.5, 0.6) is 0 Å². The van der Waals surface area contributed by atoms with Gasteiger partial charge in [-0.25, -0.2) is 9.07 Å². The molecular weight excluding hydrogens is 359 g/mol. The number of hydrogen-bond donors (Lipinski definition) is 0. The molecule has 0 aliphatic heterocycles. The highest BCUT2D eigenvalue weighted by Gasteiger charge is 2.20. The van der Waals surface area contributed by atoms with E-state index in [-0.39, 0.29) is 11.9 Å². The van der Waals surface area contributed by atoms with E-state index in [0.717, 1.165) is 16.8 Å². The average molecular weight is 378 g/mol. The molecule has 4 nitrogen and oxygen atoms in total. The highest BCUT2D eigenvalue weighted by Crippen LogP contribution is 2.28. The lowest BCUT2D eigenvalue weighted by Crippen LogP contribution is -2.28. The van der Waals surface area contributed by atoms with Gasteiger partial charge in [0, 0.05) is 6.20 Å². The molecule has 0 aliphatic carbocycles. The van der Waals surface area contributed by atoms with E-state index in [9.17, 15) is 4.39 Å². The first-order valence-electron chi connectivity index (χ1n) is 8.68. The molecule has 0 N–H and O–H groups in total. The smallest absolute Gasteiger partial charge is 0.203 e. The van der Waals surface area contributed by atoms with Crippen LogP contribution in [0, 0.1) is 10.6 Å². The van der Waals surface area contributed by atoms with Gasteiger partial charge in [0.2, 0.25) is 4.77 Å². The molecular formula is C21H19FN4S. The van der Waals surface area contributed by atoms with E-state index in [4.69, 9.17) is 12.2 Å². The van der Waals surface area contributed by atoms with E-state index in [1.807, 2.05) is 70.9 Å². The third-order valence-corrected chi connectivity index (χ3v) is 4.99. The maximum Gasteiger partial charge on any atom is 0.203 e. The molecule has 0 amide bonds. The molecule has 0 unspecified atom stereocenters. The summed E-state index contributed by atoms with van der Waals surface area (Å²) < 4.78 is 17.8. The molecule has 2 aromatic carbocycles. The molecule has 0 aliphatic rings. The lowest BCUT2D eigenvalue weighted by molar-refractivity contribution is 0.208. The number of aromatic nitrogens is 3. The number of hydrogen-bond acceptors (Lipinski definition) is 3. The Hall–Kier alpha value is -2.83. The number of fused-ring (bicyclic) bond motifs is 1. The van der Waals surface area contributed by atoms with Gasteiger partial charge in [0.1, 0.15) is 5.82 Å². The van der Waals surface area contributed by atoms with Crippen LogP contribution >= 0.6 is 12.2 Å². The Kier molecular flexibility index (Phi) is 4.83. The normalized spacial score (nSPS) is 12.6. The van der Waals surface area contributed by atoms with E-state index >= 15 is 0 Å². The first-order chi connectivity index (χ1) is 13.1. The molecule has 0 radical (unpaired) electrons. The lowest BCUT2D eigenvalue weighted by atomic mass is 9.98. The van der Waals surface area contributed by atoms with Crippen LogP contribution in [0.3, 0.4) is 0 Å². The average Bonchev–Trinajstić information content (AvgIpc) is 3.00. The number of halogens is 1. The van der Waals surface area contributed by atoms with Crippen molar-refractivity contribution in [2.45, 2.75) is 12.7 Å². The molecule has 136 valence electrons. The summed E-state index contributed by atoms with van der Waals surface area (Å²) in [6.07, 6.45) is 1.91. The Morgan fingerprint density at radius 3 is 2.33 bits per heavy atom. The molecule has 0 bridgehead atoms. The molecule has 2 heterocycles. The first kappa shape index (κ1) is 17.6. The van der Waals surface area contributed by atoms with E-state index in [1.54, 1.807) is 0 Å². The van der Waals surface area contributed by atoms with Gasteiger partial charge in [-0.05, 0) is 54.7 Å². The van der Waals surface area contributed by atoms with E-state index in [2.05, 4.69) is 22.1 Å². The van der Waals surface area contributed by atoms with Gasteiger partial charge < -0.3 is 0 Å². The highest BCUT2D eigenvalue weighted by molar-refractivity contribution is 7.71. The zero-order chi connectivity index (χ0) is 18.8.